The molecule has 0 saturated carbocycles. The monoisotopic (exact) mass is 297 g/mol. The summed E-state index contributed by atoms with van der Waals surface area (Å²) in [5.74, 6) is 0.724. The van der Waals surface area contributed by atoms with E-state index >= 15 is 0 Å². The maximum atomic E-state index is 12.5. The van der Waals surface area contributed by atoms with E-state index in [1.165, 1.54) is 0 Å². The first-order valence-electron chi connectivity index (χ1n) is 8.11. The van der Waals surface area contributed by atoms with E-state index in [2.05, 4.69) is 22.9 Å². The lowest BCUT2D eigenvalue weighted by molar-refractivity contribution is -0.131. The van der Waals surface area contributed by atoms with Gasteiger partial charge in [0.05, 0.1) is 0 Å². The third-order valence-electron chi connectivity index (χ3n) is 4.01. The second-order valence-electron chi connectivity index (χ2n) is 6.97. The van der Waals surface area contributed by atoms with Crippen molar-refractivity contribution in [1.82, 2.24) is 16.0 Å². The summed E-state index contributed by atoms with van der Waals surface area (Å²) in [7, 11) is 0. The molecule has 0 aromatic heterocycles. The van der Waals surface area contributed by atoms with Crippen LogP contribution in [-0.2, 0) is 9.59 Å². The summed E-state index contributed by atoms with van der Waals surface area (Å²) >= 11 is 0. The van der Waals surface area contributed by atoms with Gasteiger partial charge in [-0.2, -0.15) is 0 Å². The summed E-state index contributed by atoms with van der Waals surface area (Å²) < 4.78 is 0. The van der Waals surface area contributed by atoms with Crippen molar-refractivity contribution in [1.29, 1.82) is 0 Å². The van der Waals surface area contributed by atoms with Crippen molar-refractivity contribution in [3.8, 4) is 0 Å². The van der Waals surface area contributed by atoms with E-state index in [9.17, 15) is 9.59 Å². The fourth-order valence-electron chi connectivity index (χ4n) is 2.59. The van der Waals surface area contributed by atoms with Gasteiger partial charge in [0.1, 0.15) is 6.04 Å². The third-order valence-corrected chi connectivity index (χ3v) is 4.01. The average Bonchev–Trinajstić information content (AvgIpc) is 2.37. The van der Waals surface area contributed by atoms with Gasteiger partial charge in [-0.25, -0.2) is 0 Å². The Bertz CT molecular complexity index is 355. The van der Waals surface area contributed by atoms with Gasteiger partial charge >= 0.3 is 0 Å². The van der Waals surface area contributed by atoms with Crippen LogP contribution in [-0.4, -0.2) is 37.0 Å². The van der Waals surface area contributed by atoms with Crippen LogP contribution in [0, 0.1) is 17.8 Å². The molecule has 0 aromatic carbocycles. The first kappa shape index (κ1) is 18.0. The Morgan fingerprint density at radius 1 is 1.24 bits per heavy atom. The van der Waals surface area contributed by atoms with Crippen molar-refractivity contribution < 1.29 is 9.59 Å². The van der Waals surface area contributed by atoms with Gasteiger partial charge in [0.2, 0.25) is 11.8 Å². The molecule has 0 radical (unpaired) electrons. The molecule has 0 bridgehead atoms. The molecule has 5 heteroatoms. The Hall–Kier alpha value is -1.10. The minimum atomic E-state index is -0.453. The minimum Gasteiger partial charge on any atom is -0.350 e. The molecular weight excluding hydrogens is 266 g/mol. The predicted molar refractivity (Wildman–Crippen MR) is 84.8 cm³/mol. The van der Waals surface area contributed by atoms with Crippen LogP contribution in [0.15, 0.2) is 0 Å². The average molecular weight is 297 g/mol. The maximum absolute atomic E-state index is 12.5. The molecular formula is C16H31N3O2. The SMILES string of the molecule is CC(C)CC(=O)NC(C(=O)NC1CNCCC1C)C(C)C. The summed E-state index contributed by atoms with van der Waals surface area (Å²) in [6.07, 6.45) is 1.52. The standard InChI is InChI=1S/C16H31N3O2/c1-10(2)8-14(20)19-15(11(3)4)16(21)18-13-9-17-7-6-12(13)5/h10-13,15,17H,6-9H2,1-5H3,(H,18,21)(H,19,20). The normalized spacial score (nSPS) is 24.0. The van der Waals surface area contributed by atoms with E-state index in [0.717, 1.165) is 19.5 Å². The molecule has 1 heterocycles. The van der Waals surface area contributed by atoms with Crippen LogP contribution in [0.5, 0.6) is 0 Å². The molecule has 1 aliphatic heterocycles. The van der Waals surface area contributed by atoms with Gasteiger partial charge < -0.3 is 16.0 Å². The highest BCUT2D eigenvalue weighted by molar-refractivity contribution is 5.88. The van der Waals surface area contributed by atoms with Gasteiger partial charge in [-0.1, -0.05) is 34.6 Å². The molecule has 1 saturated heterocycles. The van der Waals surface area contributed by atoms with Crippen molar-refractivity contribution in [2.45, 2.75) is 59.5 Å². The van der Waals surface area contributed by atoms with E-state index in [-0.39, 0.29) is 23.8 Å². The molecule has 1 rings (SSSR count). The van der Waals surface area contributed by atoms with Crippen LogP contribution in [0.1, 0.15) is 47.5 Å². The molecule has 2 amide bonds. The molecule has 5 nitrogen and oxygen atoms in total. The highest BCUT2D eigenvalue weighted by Crippen LogP contribution is 2.12. The molecule has 0 spiro atoms. The fraction of sp³-hybridized carbons (Fsp3) is 0.875. The van der Waals surface area contributed by atoms with Gasteiger partial charge in [0, 0.05) is 19.0 Å². The molecule has 3 N–H and O–H groups in total. The second kappa shape index (κ2) is 8.37. The van der Waals surface area contributed by atoms with Gasteiger partial charge in [0.15, 0.2) is 0 Å². The van der Waals surface area contributed by atoms with Gasteiger partial charge in [0.25, 0.3) is 0 Å². The maximum Gasteiger partial charge on any atom is 0.243 e. The van der Waals surface area contributed by atoms with Gasteiger partial charge in [-0.15, -0.1) is 0 Å². The lowest BCUT2D eigenvalue weighted by Crippen LogP contribution is -2.57. The largest absolute Gasteiger partial charge is 0.350 e. The van der Waals surface area contributed by atoms with Crippen LogP contribution in [0.4, 0.5) is 0 Å². The van der Waals surface area contributed by atoms with Crippen LogP contribution < -0.4 is 16.0 Å². The summed E-state index contributed by atoms with van der Waals surface area (Å²) in [6.45, 7) is 11.9. The topological polar surface area (TPSA) is 70.2 Å². The molecule has 3 unspecified atom stereocenters. The van der Waals surface area contributed by atoms with Gasteiger partial charge in [-0.05, 0) is 30.7 Å². The van der Waals surface area contributed by atoms with Gasteiger partial charge in [-0.3, -0.25) is 9.59 Å². The Morgan fingerprint density at radius 2 is 1.90 bits per heavy atom. The summed E-state index contributed by atoms with van der Waals surface area (Å²) in [4.78, 5) is 24.4. The molecule has 0 aromatic rings. The first-order chi connectivity index (χ1) is 9.81. The fourth-order valence-corrected chi connectivity index (χ4v) is 2.59. The van der Waals surface area contributed by atoms with Crippen molar-refractivity contribution in [3.63, 3.8) is 0 Å². The number of amides is 2. The highest BCUT2D eigenvalue weighted by atomic mass is 16.2. The van der Waals surface area contributed by atoms with E-state index in [1.54, 1.807) is 0 Å². The third kappa shape index (κ3) is 6.04. The van der Waals surface area contributed by atoms with Crippen LogP contribution in [0.25, 0.3) is 0 Å². The quantitative estimate of drug-likeness (QED) is 0.692. The molecule has 122 valence electrons. The lowest BCUT2D eigenvalue weighted by Gasteiger charge is -2.32. The zero-order valence-corrected chi connectivity index (χ0v) is 14.0. The van der Waals surface area contributed by atoms with Crippen LogP contribution in [0.2, 0.25) is 0 Å². The van der Waals surface area contributed by atoms with E-state index in [4.69, 9.17) is 0 Å². The smallest absolute Gasteiger partial charge is 0.243 e. The number of rotatable bonds is 6. The van der Waals surface area contributed by atoms with E-state index in [0.29, 0.717) is 18.3 Å². The highest BCUT2D eigenvalue weighted by Gasteiger charge is 2.29. The number of nitrogens with one attached hydrogen (secondary N) is 3. The summed E-state index contributed by atoms with van der Waals surface area (Å²) in [5, 5.41) is 9.28. The second-order valence-corrected chi connectivity index (χ2v) is 6.97. The first-order valence-corrected chi connectivity index (χ1v) is 8.11. The molecule has 3 atom stereocenters. The van der Waals surface area contributed by atoms with Crippen molar-refractivity contribution >= 4 is 11.8 Å². The molecule has 1 fully saturated rings. The summed E-state index contributed by atoms with van der Waals surface area (Å²) in [6, 6.07) is -0.306. The van der Waals surface area contributed by atoms with Crippen molar-refractivity contribution in [2.75, 3.05) is 13.1 Å². The number of hydrogen-bond donors (Lipinski definition) is 3. The Labute approximate surface area is 128 Å². The van der Waals surface area contributed by atoms with Crippen molar-refractivity contribution in [3.05, 3.63) is 0 Å². The minimum absolute atomic E-state index is 0.0475. The zero-order chi connectivity index (χ0) is 16.0. The predicted octanol–water partition coefficient (Wildman–Crippen LogP) is 1.29. The molecule has 1 aliphatic rings. The van der Waals surface area contributed by atoms with E-state index < -0.39 is 6.04 Å². The number of hydrogen-bond acceptors (Lipinski definition) is 3. The number of carbonyl (C=O) groups excluding carboxylic acids is 2. The number of carbonyl (C=O) groups is 2. The summed E-state index contributed by atoms with van der Waals surface area (Å²) in [5.41, 5.74) is 0. The van der Waals surface area contributed by atoms with Crippen molar-refractivity contribution in [2.24, 2.45) is 17.8 Å². The Morgan fingerprint density at radius 3 is 2.43 bits per heavy atom. The Balaban J connectivity index is 2.58. The molecule has 21 heavy (non-hydrogen) atoms. The lowest BCUT2D eigenvalue weighted by atomic mass is 9.93. The van der Waals surface area contributed by atoms with E-state index in [1.807, 2.05) is 27.7 Å². The zero-order valence-electron chi connectivity index (χ0n) is 14.0. The van der Waals surface area contributed by atoms with Crippen LogP contribution in [0.3, 0.4) is 0 Å². The van der Waals surface area contributed by atoms with Crippen LogP contribution >= 0.6 is 0 Å². The molecule has 0 aliphatic carbocycles. The number of piperidine rings is 1. The Kier molecular flexibility index (Phi) is 7.15.